The van der Waals surface area contributed by atoms with Gasteiger partial charge in [-0.15, -0.1) is 0 Å². The van der Waals surface area contributed by atoms with Crippen molar-refractivity contribution in [2.24, 2.45) is 5.73 Å². The van der Waals surface area contributed by atoms with E-state index in [1.54, 1.807) is 0 Å². The molecule has 0 amide bonds. The van der Waals surface area contributed by atoms with Gasteiger partial charge in [-0.3, -0.25) is 0 Å². The number of benzene rings is 2. The van der Waals surface area contributed by atoms with E-state index >= 15 is 0 Å². The summed E-state index contributed by atoms with van der Waals surface area (Å²) >= 11 is 0. The maximum atomic E-state index is 9.44. The van der Waals surface area contributed by atoms with Gasteiger partial charge in [0.25, 0.3) is 0 Å². The van der Waals surface area contributed by atoms with Gasteiger partial charge in [0.1, 0.15) is 12.4 Å². The molecule has 2 aromatic rings. The van der Waals surface area contributed by atoms with Gasteiger partial charge in [-0.2, -0.15) is 5.26 Å². The summed E-state index contributed by atoms with van der Waals surface area (Å²) in [5.74, 6) is 1.14. The van der Waals surface area contributed by atoms with E-state index in [2.05, 4.69) is 19.9 Å². The Bertz CT molecular complexity index is 631. The van der Waals surface area contributed by atoms with Crippen molar-refractivity contribution in [3.63, 3.8) is 0 Å². The van der Waals surface area contributed by atoms with Gasteiger partial charge in [0.2, 0.25) is 0 Å². The highest BCUT2D eigenvalue weighted by Gasteiger charge is 2.28. The standard InChI is InChI=1S/C18H20N2O/c1-14(2)16-10-6-7-11-17(16)21-13-18(20,12-19)15-8-4-3-5-9-15/h3-11,14H,13,20H2,1-2H3. The Morgan fingerprint density at radius 3 is 2.33 bits per heavy atom. The summed E-state index contributed by atoms with van der Waals surface area (Å²) in [6, 6.07) is 19.4. The Hall–Kier alpha value is -2.31. The number of nitrogens with two attached hydrogens (primary N) is 1. The van der Waals surface area contributed by atoms with E-state index in [4.69, 9.17) is 10.5 Å². The molecule has 0 heterocycles. The third-order valence-corrected chi connectivity index (χ3v) is 3.48. The fourth-order valence-electron chi connectivity index (χ4n) is 2.20. The average molecular weight is 280 g/mol. The van der Waals surface area contributed by atoms with E-state index < -0.39 is 5.54 Å². The number of nitriles is 1. The van der Waals surface area contributed by atoms with Crippen molar-refractivity contribution in [1.29, 1.82) is 5.26 Å². The first-order chi connectivity index (χ1) is 10.1. The van der Waals surface area contributed by atoms with Crippen LogP contribution in [0.4, 0.5) is 0 Å². The van der Waals surface area contributed by atoms with Crippen LogP contribution in [0.5, 0.6) is 5.75 Å². The van der Waals surface area contributed by atoms with E-state index in [0.29, 0.717) is 5.92 Å². The molecule has 0 radical (unpaired) electrons. The molecule has 2 rings (SSSR count). The molecule has 0 aliphatic rings. The van der Waals surface area contributed by atoms with Crippen LogP contribution in [-0.4, -0.2) is 6.61 Å². The van der Waals surface area contributed by atoms with Crippen molar-refractivity contribution < 1.29 is 4.74 Å². The Morgan fingerprint density at radius 2 is 1.71 bits per heavy atom. The molecule has 2 N–H and O–H groups in total. The lowest BCUT2D eigenvalue weighted by Gasteiger charge is -2.23. The largest absolute Gasteiger partial charge is 0.490 e. The van der Waals surface area contributed by atoms with Crippen LogP contribution in [0.3, 0.4) is 0 Å². The van der Waals surface area contributed by atoms with E-state index in [-0.39, 0.29) is 6.61 Å². The molecule has 0 spiro atoms. The highest BCUT2D eigenvalue weighted by atomic mass is 16.5. The number of nitrogens with zero attached hydrogens (tertiary/aromatic N) is 1. The SMILES string of the molecule is CC(C)c1ccccc1OCC(N)(C#N)c1ccccc1. The van der Waals surface area contributed by atoms with Crippen molar-refractivity contribution in [2.75, 3.05) is 6.61 Å². The molecule has 2 aromatic carbocycles. The summed E-state index contributed by atoms with van der Waals surface area (Å²) in [4.78, 5) is 0. The molecule has 0 fully saturated rings. The lowest BCUT2D eigenvalue weighted by molar-refractivity contribution is 0.252. The third-order valence-electron chi connectivity index (χ3n) is 3.48. The average Bonchev–Trinajstić information content (AvgIpc) is 2.53. The maximum Gasteiger partial charge on any atom is 0.164 e. The van der Waals surface area contributed by atoms with Crippen molar-refractivity contribution in [1.82, 2.24) is 0 Å². The van der Waals surface area contributed by atoms with Gasteiger partial charge in [-0.25, -0.2) is 0 Å². The number of hydrogen-bond donors (Lipinski definition) is 1. The predicted molar refractivity (Wildman–Crippen MR) is 83.9 cm³/mol. The van der Waals surface area contributed by atoms with Crippen LogP contribution in [0.1, 0.15) is 30.9 Å². The van der Waals surface area contributed by atoms with Crippen molar-refractivity contribution in [3.05, 3.63) is 65.7 Å². The molecule has 0 saturated carbocycles. The Labute approximate surface area is 126 Å². The van der Waals surface area contributed by atoms with Crippen LogP contribution in [0.2, 0.25) is 0 Å². The fourth-order valence-corrected chi connectivity index (χ4v) is 2.20. The van der Waals surface area contributed by atoms with Crippen molar-refractivity contribution >= 4 is 0 Å². The minimum absolute atomic E-state index is 0.122. The molecule has 0 aliphatic carbocycles. The minimum atomic E-state index is -1.15. The fraction of sp³-hybridized carbons (Fsp3) is 0.278. The van der Waals surface area contributed by atoms with Crippen LogP contribution >= 0.6 is 0 Å². The molecule has 1 atom stereocenters. The number of rotatable bonds is 5. The Kier molecular flexibility index (Phi) is 4.62. The molecule has 3 heteroatoms. The monoisotopic (exact) mass is 280 g/mol. The van der Waals surface area contributed by atoms with Crippen LogP contribution in [0.25, 0.3) is 0 Å². The topological polar surface area (TPSA) is 59.0 Å². The smallest absolute Gasteiger partial charge is 0.164 e. The summed E-state index contributed by atoms with van der Waals surface area (Å²) in [5, 5.41) is 9.44. The molecule has 108 valence electrons. The summed E-state index contributed by atoms with van der Waals surface area (Å²) in [6.07, 6.45) is 0. The first kappa shape index (κ1) is 15.1. The summed E-state index contributed by atoms with van der Waals surface area (Å²) in [6.45, 7) is 4.34. The molecule has 21 heavy (non-hydrogen) atoms. The molecular weight excluding hydrogens is 260 g/mol. The van der Waals surface area contributed by atoms with E-state index in [9.17, 15) is 5.26 Å². The first-order valence-electron chi connectivity index (χ1n) is 7.04. The molecule has 0 aromatic heterocycles. The molecule has 0 bridgehead atoms. The second-order valence-electron chi connectivity index (χ2n) is 5.43. The zero-order valence-corrected chi connectivity index (χ0v) is 12.4. The Morgan fingerprint density at radius 1 is 1.10 bits per heavy atom. The Balaban J connectivity index is 2.21. The second-order valence-corrected chi connectivity index (χ2v) is 5.43. The number of ether oxygens (including phenoxy) is 1. The predicted octanol–water partition coefficient (Wildman–Crippen LogP) is 3.57. The molecule has 0 saturated heterocycles. The van der Waals surface area contributed by atoms with Gasteiger partial charge in [-0.05, 0) is 23.1 Å². The highest BCUT2D eigenvalue weighted by Crippen LogP contribution is 2.27. The normalized spacial score (nSPS) is 13.5. The number of hydrogen-bond acceptors (Lipinski definition) is 3. The zero-order chi connectivity index (χ0) is 15.3. The third kappa shape index (κ3) is 3.42. The quantitative estimate of drug-likeness (QED) is 0.911. The van der Waals surface area contributed by atoms with Crippen molar-refractivity contribution in [2.45, 2.75) is 25.3 Å². The van der Waals surface area contributed by atoms with Gasteiger partial charge >= 0.3 is 0 Å². The van der Waals surface area contributed by atoms with Crippen LogP contribution in [0, 0.1) is 11.3 Å². The van der Waals surface area contributed by atoms with E-state index in [1.807, 2.05) is 54.6 Å². The van der Waals surface area contributed by atoms with Crippen LogP contribution < -0.4 is 10.5 Å². The van der Waals surface area contributed by atoms with Gasteiger partial charge < -0.3 is 10.5 Å². The van der Waals surface area contributed by atoms with Gasteiger partial charge in [0.05, 0.1) is 6.07 Å². The van der Waals surface area contributed by atoms with Crippen molar-refractivity contribution in [3.8, 4) is 11.8 Å². The van der Waals surface area contributed by atoms with Gasteiger partial charge in [0.15, 0.2) is 5.54 Å². The van der Waals surface area contributed by atoms with Crippen LogP contribution in [-0.2, 0) is 5.54 Å². The molecule has 0 aliphatic heterocycles. The zero-order valence-electron chi connectivity index (χ0n) is 12.4. The minimum Gasteiger partial charge on any atom is -0.490 e. The van der Waals surface area contributed by atoms with E-state index in [1.165, 1.54) is 0 Å². The highest BCUT2D eigenvalue weighted by molar-refractivity contribution is 5.37. The molecule has 3 nitrogen and oxygen atoms in total. The van der Waals surface area contributed by atoms with Crippen LogP contribution in [0.15, 0.2) is 54.6 Å². The first-order valence-corrected chi connectivity index (χ1v) is 7.04. The van der Waals surface area contributed by atoms with E-state index in [0.717, 1.165) is 16.9 Å². The maximum absolute atomic E-state index is 9.44. The lowest BCUT2D eigenvalue weighted by atomic mass is 9.93. The second kappa shape index (κ2) is 6.43. The molecular formula is C18H20N2O. The van der Waals surface area contributed by atoms with Gasteiger partial charge in [-0.1, -0.05) is 62.4 Å². The lowest BCUT2D eigenvalue weighted by Crippen LogP contribution is -2.41. The van der Waals surface area contributed by atoms with Gasteiger partial charge in [0, 0.05) is 0 Å². The number of para-hydroxylation sites is 1. The summed E-state index contributed by atoms with van der Waals surface area (Å²) in [5.41, 5.74) is 6.93. The molecule has 1 unspecified atom stereocenters. The summed E-state index contributed by atoms with van der Waals surface area (Å²) in [7, 11) is 0. The summed E-state index contributed by atoms with van der Waals surface area (Å²) < 4.78 is 5.86.